The summed E-state index contributed by atoms with van der Waals surface area (Å²) in [7, 11) is 0. The maximum Gasteiger partial charge on any atom is -0.0324 e. The number of hydrogen-bond donors (Lipinski definition) is 0. The van der Waals surface area contributed by atoms with E-state index in [1.54, 1.807) is 0 Å². The molecule has 0 heterocycles. The number of unbranched alkanes of at least 4 members (excludes halogenated alkanes) is 10. The van der Waals surface area contributed by atoms with Crippen LogP contribution < -0.4 is 0 Å². The van der Waals surface area contributed by atoms with Crippen molar-refractivity contribution in [3.05, 3.63) is 6.42 Å². The molecule has 1 atom stereocenters. The molecule has 0 fully saturated rings. The highest BCUT2D eigenvalue weighted by Gasteiger charge is 2.16. The zero-order valence-electron chi connectivity index (χ0n) is 18.5. The highest BCUT2D eigenvalue weighted by molar-refractivity contribution is 4.84. The minimum absolute atomic E-state index is 0.903. The van der Waals surface area contributed by atoms with Crippen molar-refractivity contribution in [3.8, 4) is 0 Å². The molecule has 0 saturated carbocycles. The van der Waals surface area contributed by atoms with Gasteiger partial charge >= 0.3 is 0 Å². The van der Waals surface area contributed by atoms with Gasteiger partial charge in [0.2, 0.25) is 0 Å². The molecule has 0 aliphatic carbocycles. The van der Waals surface area contributed by atoms with Crippen LogP contribution in [0.25, 0.3) is 0 Å². The van der Waals surface area contributed by atoms with Gasteiger partial charge in [-0.1, -0.05) is 143 Å². The van der Waals surface area contributed by atoms with Crippen LogP contribution in [0.1, 0.15) is 143 Å². The standard InChI is InChI=1S/C25H51/c1-5-9-13-14-18-22-25(21-17-12-8-4)23-24(19-15-10-6-2)20-16-11-7-3/h23-25H,5-22H2,1-4H3. The summed E-state index contributed by atoms with van der Waals surface area (Å²) in [6.45, 7) is 9.32. The van der Waals surface area contributed by atoms with Crippen molar-refractivity contribution in [1.29, 1.82) is 0 Å². The van der Waals surface area contributed by atoms with E-state index < -0.39 is 0 Å². The van der Waals surface area contributed by atoms with E-state index in [1.807, 2.05) is 0 Å². The first-order valence-electron chi connectivity index (χ1n) is 12.1. The number of hydrogen-bond acceptors (Lipinski definition) is 0. The molecule has 0 N–H and O–H groups in total. The van der Waals surface area contributed by atoms with Crippen LogP contribution >= 0.6 is 0 Å². The second-order valence-corrected chi connectivity index (χ2v) is 8.40. The van der Waals surface area contributed by atoms with Gasteiger partial charge in [-0.05, 0) is 18.3 Å². The monoisotopic (exact) mass is 351 g/mol. The molecule has 0 nitrogen and oxygen atoms in total. The van der Waals surface area contributed by atoms with Gasteiger partial charge in [-0.25, -0.2) is 0 Å². The molecular formula is C25H51. The Morgan fingerprint density at radius 3 is 1.04 bits per heavy atom. The van der Waals surface area contributed by atoms with Crippen LogP contribution in [0.15, 0.2) is 0 Å². The van der Waals surface area contributed by atoms with Gasteiger partial charge in [-0.15, -0.1) is 0 Å². The van der Waals surface area contributed by atoms with E-state index in [1.165, 1.54) is 116 Å². The molecular weight excluding hydrogens is 300 g/mol. The largest absolute Gasteiger partial charge is 0.0654 e. The molecule has 0 rings (SSSR count). The lowest BCUT2D eigenvalue weighted by Crippen LogP contribution is -2.11. The Bertz CT molecular complexity index is 222. The van der Waals surface area contributed by atoms with Gasteiger partial charge in [0, 0.05) is 0 Å². The Balaban J connectivity index is 4.33. The van der Waals surface area contributed by atoms with Gasteiger partial charge in [0.25, 0.3) is 0 Å². The number of rotatable bonds is 20. The Labute approximate surface area is 161 Å². The minimum atomic E-state index is 0.903. The first-order valence-corrected chi connectivity index (χ1v) is 12.1. The average molecular weight is 352 g/mol. The Morgan fingerprint density at radius 1 is 0.400 bits per heavy atom. The van der Waals surface area contributed by atoms with Gasteiger partial charge in [-0.3, -0.25) is 0 Å². The van der Waals surface area contributed by atoms with Crippen molar-refractivity contribution >= 4 is 0 Å². The molecule has 0 aliphatic heterocycles. The molecule has 0 spiro atoms. The first kappa shape index (κ1) is 25.0. The van der Waals surface area contributed by atoms with E-state index >= 15 is 0 Å². The van der Waals surface area contributed by atoms with Crippen molar-refractivity contribution < 1.29 is 0 Å². The summed E-state index contributed by atoms with van der Waals surface area (Å²) in [6.07, 6.45) is 28.5. The van der Waals surface area contributed by atoms with E-state index in [4.69, 9.17) is 0 Å². The summed E-state index contributed by atoms with van der Waals surface area (Å²) in [4.78, 5) is 0. The van der Waals surface area contributed by atoms with Crippen molar-refractivity contribution in [2.75, 3.05) is 0 Å². The molecule has 1 radical (unpaired) electrons. The lowest BCUT2D eigenvalue weighted by atomic mass is 9.82. The third-order valence-corrected chi connectivity index (χ3v) is 5.76. The fourth-order valence-corrected chi connectivity index (χ4v) is 4.04. The maximum absolute atomic E-state index is 2.83. The highest BCUT2D eigenvalue weighted by atomic mass is 14.2. The first-order chi connectivity index (χ1) is 12.3. The fourth-order valence-electron chi connectivity index (χ4n) is 4.04. The van der Waals surface area contributed by atoms with Crippen LogP contribution in [0, 0.1) is 18.3 Å². The molecule has 1 unspecified atom stereocenters. The van der Waals surface area contributed by atoms with Crippen LogP contribution in [0.2, 0.25) is 0 Å². The van der Waals surface area contributed by atoms with E-state index in [2.05, 4.69) is 34.1 Å². The summed E-state index contributed by atoms with van der Waals surface area (Å²) in [5.74, 6) is 1.81. The molecule has 0 bridgehead atoms. The SMILES string of the molecule is CCCCCCCC([CH]C(CCCCC)CCCCC)CCCCC. The molecule has 0 heteroatoms. The molecule has 151 valence electrons. The molecule has 0 aromatic carbocycles. The fraction of sp³-hybridized carbons (Fsp3) is 0.960. The summed E-state index contributed by atoms with van der Waals surface area (Å²) in [6, 6.07) is 0. The molecule has 0 aliphatic rings. The normalized spacial score (nSPS) is 12.8. The van der Waals surface area contributed by atoms with E-state index in [9.17, 15) is 0 Å². The van der Waals surface area contributed by atoms with Crippen LogP contribution in [0.3, 0.4) is 0 Å². The van der Waals surface area contributed by atoms with Gasteiger partial charge in [0.1, 0.15) is 0 Å². The van der Waals surface area contributed by atoms with Gasteiger partial charge in [0.15, 0.2) is 0 Å². The maximum atomic E-state index is 2.83. The summed E-state index contributed by atoms with van der Waals surface area (Å²) >= 11 is 0. The van der Waals surface area contributed by atoms with Crippen molar-refractivity contribution in [2.24, 2.45) is 11.8 Å². The third-order valence-electron chi connectivity index (χ3n) is 5.76. The average Bonchev–Trinajstić information content (AvgIpc) is 2.61. The van der Waals surface area contributed by atoms with Crippen LogP contribution in [-0.2, 0) is 0 Å². The topological polar surface area (TPSA) is 0 Å². The van der Waals surface area contributed by atoms with Gasteiger partial charge < -0.3 is 0 Å². The molecule has 0 aromatic rings. The van der Waals surface area contributed by atoms with Gasteiger partial charge in [-0.2, -0.15) is 0 Å². The summed E-state index contributed by atoms with van der Waals surface area (Å²) in [5, 5.41) is 0. The van der Waals surface area contributed by atoms with Crippen molar-refractivity contribution in [2.45, 2.75) is 143 Å². The smallest absolute Gasteiger partial charge is 0.0324 e. The molecule has 0 amide bonds. The van der Waals surface area contributed by atoms with Crippen LogP contribution in [0.4, 0.5) is 0 Å². The highest BCUT2D eigenvalue weighted by Crippen LogP contribution is 2.29. The van der Waals surface area contributed by atoms with E-state index in [-0.39, 0.29) is 0 Å². The second kappa shape index (κ2) is 20.3. The summed E-state index contributed by atoms with van der Waals surface area (Å²) < 4.78 is 0. The Hall–Kier alpha value is 0. The molecule has 0 aromatic heterocycles. The Morgan fingerprint density at radius 2 is 0.680 bits per heavy atom. The van der Waals surface area contributed by atoms with Crippen molar-refractivity contribution in [1.82, 2.24) is 0 Å². The van der Waals surface area contributed by atoms with Crippen LogP contribution in [0.5, 0.6) is 0 Å². The van der Waals surface area contributed by atoms with Gasteiger partial charge in [0.05, 0.1) is 0 Å². The minimum Gasteiger partial charge on any atom is -0.0654 e. The lowest BCUT2D eigenvalue weighted by molar-refractivity contribution is 0.368. The zero-order chi connectivity index (χ0) is 18.6. The quantitative estimate of drug-likeness (QED) is 0.191. The van der Waals surface area contributed by atoms with E-state index in [0.29, 0.717) is 0 Å². The zero-order valence-corrected chi connectivity index (χ0v) is 18.5. The third kappa shape index (κ3) is 17.2. The second-order valence-electron chi connectivity index (χ2n) is 8.40. The Kier molecular flexibility index (Phi) is 20.3. The van der Waals surface area contributed by atoms with Crippen LogP contribution in [-0.4, -0.2) is 0 Å². The molecule has 25 heavy (non-hydrogen) atoms. The predicted octanol–water partition coefficient (Wildman–Crippen LogP) is 9.52. The molecule has 0 saturated heterocycles. The summed E-state index contributed by atoms with van der Waals surface area (Å²) in [5.41, 5.74) is 0. The predicted molar refractivity (Wildman–Crippen MR) is 117 cm³/mol. The van der Waals surface area contributed by atoms with Crippen molar-refractivity contribution in [3.63, 3.8) is 0 Å². The lowest BCUT2D eigenvalue weighted by Gasteiger charge is -2.24. The van der Waals surface area contributed by atoms with E-state index in [0.717, 1.165) is 11.8 Å².